The summed E-state index contributed by atoms with van der Waals surface area (Å²) in [5, 5.41) is 25.4. The summed E-state index contributed by atoms with van der Waals surface area (Å²) in [6.45, 7) is 8.64. The molecule has 30 heavy (non-hydrogen) atoms. The summed E-state index contributed by atoms with van der Waals surface area (Å²) in [6.07, 6.45) is -0.382. The molecule has 7 N–H and O–H groups in total. The Morgan fingerprint density at radius 1 is 0.700 bits per heavy atom. The molecule has 0 spiro atoms. The number of carbonyl (C=O) groups excluding carboxylic acids is 3. The molecule has 0 aliphatic heterocycles. The van der Waals surface area contributed by atoms with Gasteiger partial charge in [0.25, 0.3) is 0 Å². The van der Waals surface area contributed by atoms with Gasteiger partial charge < -0.3 is 31.9 Å². The second kappa shape index (κ2) is 12.8. The largest absolute Gasteiger partial charge is 0.481 e. The minimum Gasteiger partial charge on any atom is -0.481 e. The first-order chi connectivity index (χ1) is 13.7. The van der Waals surface area contributed by atoms with Crippen LogP contribution in [0.15, 0.2) is 0 Å². The fourth-order valence-corrected chi connectivity index (χ4v) is 2.63. The summed E-state index contributed by atoms with van der Waals surface area (Å²) in [6, 6.07) is -4.63. The van der Waals surface area contributed by atoms with Gasteiger partial charge in [-0.15, -0.1) is 0 Å². The lowest BCUT2D eigenvalue weighted by Gasteiger charge is -2.25. The molecule has 0 aromatic rings. The third kappa shape index (κ3) is 10.7. The van der Waals surface area contributed by atoms with Crippen molar-refractivity contribution in [3.8, 4) is 0 Å². The van der Waals surface area contributed by atoms with Gasteiger partial charge in [-0.2, -0.15) is 0 Å². The number of hydrogen-bond donors (Lipinski definition) is 6. The van der Waals surface area contributed by atoms with Gasteiger partial charge in [0.2, 0.25) is 17.7 Å². The summed E-state index contributed by atoms with van der Waals surface area (Å²) in [5.74, 6) is -4.91. The highest BCUT2D eigenvalue weighted by atomic mass is 16.4. The van der Waals surface area contributed by atoms with Crippen LogP contribution >= 0.6 is 0 Å². The molecule has 4 atom stereocenters. The van der Waals surface area contributed by atoms with Gasteiger partial charge in [0.1, 0.15) is 18.1 Å². The number of carboxylic acid groups (broad SMARTS) is 2. The molecule has 0 aliphatic carbocycles. The van der Waals surface area contributed by atoms with Gasteiger partial charge in [-0.1, -0.05) is 27.7 Å². The summed E-state index contributed by atoms with van der Waals surface area (Å²) in [7, 11) is 0. The van der Waals surface area contributed by atoms with Crippen LogP contribution in [0.2, 0.25) is 0 Å². The molecule has 0 saturated carbocycles. The van der Waals surface area contributed by atoms with Crippen LogP contribution in [0.1, 0.15) is 53.9 Å². The van der Waals surface area contributed by atoms with E-state index >= 15 is 0 Å². The predicted octanol–water partition coefficient (Wildman–Crippen LogP) is -0.560. The van der Waals surface area contributed by atoms with E-state index in [1.165, 1.54) is 6.92 Å². The maximum Gasteiger partial charge on any atom is 0.326 e. The monoisotopic (exact) mass is 430 g/mol. The molecule has 0 aromatic carbocycles. The van der Waals surface area contributed by atoms with Crippen molar-refractivity contribution >= 4 is 29.7 Å². The number of carbonyl (C=O) groups is 5. The Balaban J connectivity index is 5.45. The predicted molar refractivity (Wildman–Crippen MR) is 108 cm³/mol. The van der Waals surface area contributed by atoms with Crippen molar-refractivity contribution in [2.45, 2.75) is 78.0 Å². The Hall–Kier alpha value is -2.69. The van der Waals surface area contributed by atoms with Gasteiger partial charge in [-0.3, -0.25) is 19.2 Å². The van der Waals surface area contributed by atoms with Crippen molar-refractivity contribution in [2.75, 3.05) is 0 Å². The number of nitrogens with two attached hydrogens (primary N) is 1. The number of hydrogen-bond acceptors (Lipinski definition) is 6. The topological polar surface area (TPSA) is 188 Å². The van der Waals surface area contributed by atoms with E-state index in [0.717, 1.165) is 0 Å². The molecule has 0 heterocycles. The molecular formula is C19H34N4O7. The van der Waals surface area contributed by atoms with Crippen LogP contribution in [0.5, 0.6) is 0 Å². The van der Waals surface area contributed by atoms with Gasteiger partial charge in [0.15, 0.2) is 0 Å². The van der Waals surface area contributed by atoms with E-state index < -0.39 is 60.2 Å². The molecular weight excluding hydrogens is 396 g/mol. The summed E-state index contributed by atoms with van der Waals surface area (Å²) >= 11 is 0. The van der Waals surface area contributed by atoms with Gasteiger partial charge in [0, 0.05) is 0 Å². The average Bonchev–Trinajstić information content (AvgIpc) is 2.58. The number of nitrogens with one attached hydrogen (secondary N) is 3. The second-order valence-corrected chi connectivity index (χ2v) is 8.17. The molecule has 4 unspecified atom stereocenters. The van der Waals surface area contributed by atoms with Crippen LogP contribution < -0.4 is 21.7 Å². The highest BCUT2D eigenvalue weighted by molar-refractivity contribution is 5.95. The molecule has 0 aliphatic rings. The van der Waals surface area contributed by atoms with Crippen molar-refractivity contribution < 1.29 is 34.2 Å². The summed E-state index contributed by atoms with van der Waals surface area (Å²) < 4.78 is 0. The maximum absolute atomic E-state index is 12.7. The van der Waals surface area contributed by atoms with Crippen LogP contribution in [-0.4, -0.2) is 64.0 Å². The molecule has 3 amide bonds. The minimum atomic E-state index is -1.51. The van der Waals surface area contributed by atoms with Crippen LogP contribution in [-0.2, 0) is 24.0 Å². The minimum absolute atomic E-state index is 0.00307. The zero-order chi connectivity index (χ0) is 23.6. The van der Waals surface area contributed by atoms with Crippen molar-refractivity contribution in [3.63, 3.8) is 0 Å². The summed E-state index contributed by atoms with van der Waals surface area (Å²) in [4.78, 5) is 59.7. The molecule has 11 nitrogen and oxygen atoms in total. The zero-order valence-corrected chi connectivity index (χ0v) is 18.1. The highest BCUT2D eigenvalue weighted by Gasteiger charge is 2.31. The molecule has 172 valence electrons. The lowest BCUT2D eigenvalue weighted by molar-refractivity contribution is -0.144. The van der Waals surface area contributed by atoms with Crippen LogP contribution in [0.4, 0.5) is 0 Å². The van der Waals surface area contributed by atoms with Crippen molar-refractivity contribution in [1.82, 2.24) is 16.0 Å². The molecule has 0 fully saturated rings. The summed E-state index contributed by atoms with van der Waals surface area (Å²) in [5.41, 5.74) is 5.51. The number of carboxylic acids is 2. The van der Waals surface area contributed by atoms with E-state index in [1.807, 2.05) is 13.8 Å². The standard InChI is InChI=1S/C19H34N4O7/c1-9(2)6-12(21-16(26)11(5)20)17(27)22-13(8-15(24)25)18(28)23-14(19(29)30)7-10(3)4/h9-14H,6-8,20H2,1-5H3,(H,21,26)(H,22,27)(H,23,28)(H,24,25)(H,29,30). The lowest BCUT2D eigenvalue weighted by Crippen LogP contribution is -2.57. The SMILES string of the molecule is CC(C)CC(NC(=O)C(CC(=O)O)NC(=O)C(CC(C)C)NC(=O)C(C)N)C(=O)O. The molecule has 0 saturated heterocycles. The van der Waals surface area contributed by atoms with E-state index in [2.05, 4.69) is 16.0 Å². The Kier molecular flexibility index (Phi) is 11.6. The molecule has 0 aromatic heterocycles. The van der Waals surface area contributed by atoms with E-state index in [0.29, 0.717) is 0 Å². The Bertz CT molecular complexity index is 634. The smallest absolute Gasteiger partial charge is 0.326 e. The molecule has 11 heteroatoms. The van der Waals surface area contributed by atoms with Crippen molar-refractivity contribution in [2.24, 2.45) is 17.6 Å². The Morgan fingerprint density at radius 3 is 1.50 bits per heavy atom. The van der Waals surface area contributed by atoms with Crippen molar-refractivity contribution in [1.29, 1.82) is 0 Å². The van der Waals surface area contributed by atoms with E-state index in [4.69, 9.17) is 10.8 Å². The average molecular weight is 431 g/mol. The molecule has 0 rings (SSSR count). The molecule has 0 bridgehead atoms. The van der Waals surface area contributed by atoms with Gasteiger partial charge >= 0.3 is 11.9 Å². The highest BCUT2D eigenvalue weighted by Crippen LogP contribution is 2.08. The first-order valence-electron chi connectivity index (χ1n) is 9.85. The van der Waals surface area contributed by atoms with Gasteiger partial charge in [-0.05, 0) is 31.6 Å². The first-order valence-corrected chi connectivity index (χ1v) is 9.85. The van der Waals surface area contributed by atoms with Crippen LogP contribution in [0.3, 0.4) is 0 Å². The third-order valence-electron chi connectivity index (χ3n) is 4.09. The fourth-order valence-electron chi connectivity index (χ4n) is 2.63. The van der Waals surface area contributed by atoms with Crippen molar-refractivity contribution in [3.05, 3.63) is 0 Å². The number of rotatable bonds is 13. The van der Waals surface area contributed by atoms with E-state index in [1.54, 1.807) is 13.8 Å². The fraction of sp³-hybridized carbons (Fsp3) is 0.737. The quantitative estimate of drug-likeness (QED) is 0.224. The Morgan fingerprint density at radius 2 is 1.10 bits per heavy atom. The van der Waals surface area contributed by atoms with Crippen LogP contribution in [0, 0.1) is 11.8 Å². The van der Waals surface area contributed by atoms with E-state index in [9.17, 15) is 29.1 Å². The molecule has 0 radical (unpaired) electrons. The first kappa shape index (κ1) is 27.3. The normalized spacial score (nSPS) is 15.1. The number of aliphatic carboxylic acids is 2. The zero-order valence-electron chi connectivity index (χ0n) is 18.1. The second-order valence-electron chi connectivity index (χ2n) is 8.17. The number of amides is 3. The maximum atomic E-state index is 12.7. The van der Waals surface area contributed by atoms with E-state index in [-0.39, 0.29) is 24.7 Å². The third-order valence-corrected chi connectivity index (χ3v) is 4.09. The Labute approximate surface area is 176 Å². The van der Waals surface area contributed by atoms with Gasteiger partial charge in [-0.25, -0.2) is 4.79 Å². The van der Waals surface area contributed by atoms with Gasteiger partial charge in [0.05, 0.1) is 12.5 Å². The van der Waals surface area contributed by atoms with Crippen LogP contribution in [0.25, 0.3) is 0 Å². The lowest BCUT2D eigenvalue weighted by atomic mass is 10.0.